The van der Waals surface area contributed by atoms with E-state index in [4.69, 9.17) is 4.99 Å². The van der Waals surface area contributed by atoms with Gasteiger partial charge in [0, 0.05) is 29.9 Å². The first-order chi connectivity index (χ1) is 17.9. The Morgan fingerprint density at radius 3 is 2.11 bits per heavy atom. The van der Waals surface area contributed by atoms with Gasteiger partial charge in [-0.1, -0.05) is 97.1 Å². The number of nitrogens with zero attached hydrogens (tertiary/aromatic N) is 3. The Kier molecular flexibility index (Phi) is 6.28. The molecule has 0 saturated carbocycles. The van der Waals surface area contributed by atoms with E-state index in [1.165, 1.54) is 38.7 Å². The predicted molar refractivity (Wildman–Crippen MR) is 150 cm³/mol. The molecule has 0 radical (unpaired) electrons. The Bertz CT molecular complexity index is 1430. The quantitative estimate of drug-likeness (QED) is 0.220. The second kappa shape index (κ2) is 10.2. The largest absolute Gasteiger partial charge is 0.314 e. The Morgan fingerprint density at radius 1 is 0.694 bits per heavy atom. The molecule has 5 aromatic rings. The minimum atomic E-state index is 0.0412. The molecule has 0 unspecified atom stereocenters. The minimum Gasteiger partial charge on any atom is -0.314 e. The minimum absolute atomic E-state index is 0.0412. The van der Waals surface area contributed by atoms with Crippen LogP contribution in [0.4, 0.5) is 5.69 Å². The smallest absolute Gasteiger partial charge is 0.136 e. The van der Waals surface area contributed by atoms with E-state index in [0.29, 0.717) is 0 Å². The molecule has 6 rings (SSSR count). The van der Waals surface area contributed by atoms with Crippen molar-refractivity contribution in [2.75, 3.05) is 11.4 Å². The van der Waals surface area contributed by atoms with Crippen molar-refractivity contribution in [2.24, 2.45) is 4.99 Å². The predicted octanol–water partition coefficient (Wildman–Crippen LogP) is 7.61. The Balaban J connectivity index is 1.39. The third-order valence-corrected chi connectivity index (χ3v) is 6.96. The van der Waals surface area contributed by atoms with E-state index in [0.717, 1.165) is 31.6 Å². The molecule has 0 amide bonds. The second-order valence-electron chi connectivity index (χ2n) is 9.30. The summed E-state index contributed by atoms with van der Waals surface area (Å²) in [4.78, 5) is 12.0. The highest BCUT2D eigenvalue weighted by Gasteiger charge is 2.34. The number of anilines is 1. The summed E-state index contributed by atoms with van der Waals surface area (Å²) in [5.41, 5.74) is 6.27. The fourth-order valence-corrected chi connectivity index (χ4v) is 5.31. The Morgan fingerprint density at radius 2 is 1.42 bits per heavy atom. The molecule has 0 fully saturated rings. The first-order valence-electron chi connectivity index (χ1n) is 12.7. The van der Waals surface area contributed by atoms with Gasteiger partial charge in [-0.2, -0.15) is 0 Å². The average Bonchev–Trinajstić information content (AvgIpc) is 3.25. The molecule has 1 aromatic heterocycles. The van der Waals surface area contributed by atoms with Gasteiger partial charge in [-0.15, -0.1) is 0 Å². The number of rotatable bonds is 8. The molecule has 0 saturated heterocycles. The summed E-state index contributed by atoms with van der Waals surface area (Å²) < 4.78 is 0. The molecular weight excluding hydrogens is 438 g/mol. The maximum absolute atomic E-state index is 5.27. The monoisotopic (exact) mass is 467 g/mol. The highest BCUT2D eigenvalue weighted by molar-refractivity contribution is 6.27. The van der Waals surface area contributed by atoms with Gasteiger partial charge in [0.25, 0.3) is 0 Å². The van der Waals surface area contributed by atoms with Crippen molar-refractivity contribution >= 4 is 22.3 Å². The van der Waals surface area contributed by atoms with E-state index >= 15 is 0 Å². The number of aromatic nitrogens is 1. The van der Waals surface area contributed by atoms with Crippen LogP contribution in [0.25, 0.3) is 10.8 Å². The van der Waals surface area contributed by atoms with Gasteiger partial charge >= 0.3 is 0 Å². The van der Waals surface area contributed by atoms with E-state index in [-0.39, 0.29) is 6.04 Å². The summed E-state index contributed by atoms with van der Waals surface area (Å²) in [5.74, 6) is 1.07. The Labute approximate surface area is 212 Å². The molecular formula is C33H29N3. The number of benzene rings is 4. The number of hydrogen-bond donors (Lipinski definition) is 0. The summed E-state index contributed by atoms with van der Waals surface area (Å²) in [7, 11) is 0. The van der Waals surface area contributed by atoms with Crippen LogP contribution >= 0.6 is 0 Å². The first kappa shape index (κ1) is 22.2. The highest BCUT2D eigenvalue weighted by atomic mass is 15.2. The number of aliphatic imine (C=N–C) groups is 1. The zero-order chi connectivity index (χ0) is 24.2. The van der Waals surface area contributed by atoms with Gasteiger partial charge in [-0.25, -0.2) is 0 Å². The zero-order valence-electron chi connectivity index (χ0n) is 20.3. The molecule has 0 bridgehead atoms. The molecule has 0 atom stereocenters. The lowest BCUT2D eigenvalue weighted by atomic mass is 9.96. The maximum Gasteiger partial charge on any atom is 0.136 e. The van der Waals surface area contributed by atoms with Crippen molar-refractivity contribution in [3.63, 3.8) is 0 Å². The average molecular weight is 468 g/mol. The van der Waals surface area contributed by atoms with E-state index < -0.39 is 0 Å². The number of unbranched alkanes of at least 4 members (excludes halogenated alkanes) is 1. The second-order valence-corrected chi connectivity index (χ2v) is 9.30. The number of aryl methyl sites for hydroxylation is 1. The summed E-state index contributed by atoms with van der Waals surface area (Å²) in [6.07, 6.45) is 6.97. The molecule has 3 nitrogen and oxygen atoms in total. The Hall–Kier alpha value is -4.24. The van der Waals surface area contributed by atoms with Crippen LogP contribution < -0.4 is 4.90 Å². The van der Waals surface area contributed by atoms with Gasteiger partial charge in [0.05, 0.1) is 11.7 Å². The zero-order valence-corrected chi connectivity index (χ0v) is 20.3. The van der Waals surface area contributed by atoms with Crippen molar-refractivity contribution in [3.8, 4) is 0 Å². The lowest BCUT2D eigenvalue weighted by Gasteiger charge is -2.32. The standard InChI is InChI=1S/C33H29N3/c1-3-14-27(15-4-1)32(28-16-5-2-6-17-28)36-30-21-10-19-26-18-9-20-29(31(26)30)33(36)35-23-8-7-12-25-13-11-22-34-24-25/h1-6,9-11,13-22,24,32H,7-8,12,23H2/b35-33-. The molecule has 2 heterocycles. The molecule has 4 aromatic carbocycles. The van der Waals surface area contributed by atoms with Gasteiger partial charge in [-0.05, 0) is 53.5 Å². The van der Waals surface area contributed by atoms with Gasteiger partial charge < -0.3 is 4.90 Å². The van der Waals surface area contributed by atoms with E-state index in [2.05, 4.69) is 113 Å². The molecule has 176 valence electrons. The molecule has 1 aliphatic heterocycles. The SMILES string of the molecule is c1ccc(C(c2ccccc2)N2/C(=N\CCCCc3cccnc3)c3cccc4cccc2c34)cc1. The van der Waals surface area contributed by atoms with Crippen LogP contribution in [0.1, 0.15) is 41.1 Å². The molecule has 0 aliphatic carbocycles. The van der Waals surface area contributed by atoms with Gasteiger partial charge in [-0.3, -0.25) is 9.98 Å². The van der Waals surface area contributed by atoms with Crippen molar-refractivity contribution < 1.29 is 0 Å². The third-order valence-electron chi connectivity index (χ3n) is 6.96. The summed E-state index contributed by atoms with van der Waals surface area (Å²) in [6.45, 7) is 0.798. The summed E-state index contributed by atoms with van der Waals surface area (Å²) in [6, 6.07) is 39.0. The van der Waals surface area contributed by atoms with Crippen molar-refractivity contribution in [2.45, 2.75) is 25.3 Å². The third kappa shape index (κ3) is 4.29. The lowest BCUT2D eigenvalue weighted by Crippen LogP contribution is -2.33. The molecule has 3 heteroatoms. The van der Waals surface area contributed by atoms with Crippen LogP contribution in [0.15, 0.2) is 127 Å². The molecule has 0 spiro atoms. The van der Waals surface area contributed by atoms with Gasteiger partial charge in [0.15, 0.2) is 0 Å². The molecule has 1 aliphatic rings. The topological polar surface area (TPSA) is 28.5 Å². The van der Waals surface area contributed by atoms with Crippen molar-refractivity contribution in [1.29, 1.82) is 0 Å². The van der Waals surface area contributed by atoms with Crippen LogP contribution in [0, 0.1) is 0 Å². The molecule has 36 heavy (non-hydrogen) atoms. The fraction of sp³-hybridized carbons (Fsp3) is 0.152. The first-order valence-corrected chi connectivity index (χ1v) is 12.7. The van der Waals surface area contributed by atoms with Crippen LogP contribution in [0.2, 0.25) is 0 Å². The van der Waals surface area contributed by atoms with Crippen molar-refractivity contribution in [1.82, 2.24) is 4.98 Å². The van der Waals surface area contributed by atoms with Crippen molar-refractivity contribution in [3.05, 3.63) is 144 Å². The highest BCUT2D eigenvalue weighted by Crippen LogP contribution is 2.44. The maximum atomic E-state index is 5.27. The van der Waals surface area contributed by atoms with Gasteiger partial charge in [0.2, 0.25) is 0 Å². The van der Waals surface area contributed by atoms with Gasteiger partial charge in [0.1, 0.15) is 5.84 Å². The number of hydrogen-bond acceptors (Lipinski definition) is 2. The van der Waals surface area contributed by atoms with Crippen LogP contribution in [-0.4, -0.2) is 17.4 Å². The summed E-state index contributed by atoms with van der Waals surface area (Å²) in [5, 5.41) is 2.56. The summed E-state index contributed by atoms with van der Waals surface area (Å²) >= 11 is 0. The lowest BCUT2D eigenvalue weighted by molar-refractivity contribution is 0.740. The normalized spacial score (nSPS) is 13.7. The van der Waals surface area contributed by atoms with E-state index in [1.807, 2.05) is 18.5 Å². The molecule has 0 N–H and O–H groups in total. The number of pyridine rings is 1. The van der Waals surface area contributed by atoms with Crippen LogP contribution in [0.3, 0.4) is 0 Å². The van der Waals surface area contributed by atoms with E-state index in [9.17, 15) is 0 Å². The van der Waals surface area contributed by atoms with Crippen LogP contribution in [-0.2, 0) is 6.42 Å². The number of amidine groups is 1. The van der Waals surface area contributed by atoms with Crippen LogP contribution in [0.5, 0.6) is 0 Å². The van der Waals surface area contributed by atoms with E-state index in [1.54, 1.807) is 0 Å². The fourth-order valence-electron chi connectivity index (χ4n) is 5.31.